The van der Waals surface area contributed by atoms with Crippen molar-refractivity contribution in [1.29, 1.82) is 0 Å². The second-order valence-corrected chi connectivity index (χ2v) is 6.29. The van der Waals surface area contributed by atoms with Crippen LogP contribution in [0.1, 0.15) is 11.1 Å². The molecule has 2 bridgehead atoms. The van der Waals surface area contributed by atoms with Crippen LogP contribution in [0.4, 0.5) is 5.69 Å². The molecule has 1 N–H and O–H groups in total. The van der Waals surface area contributed by atoms with E-state index in [1.165, 1.54) is 0 Å². The Morgan fingerprint density at radius 3 is 2.44 bits per heavy atom. The number of anilines is 1. The van der Waals surface area contributed by atoms with Crippen molar-refractivity contribution >= 4 is 17.6 Å². The van der Waals surface area contributed by atoms with Crippen LogP contribution < -0.4 is 4.90 Å². The first-order valence-corrected chi connectivity index (χ1v) is 8.02. The monoisotopic (exact) mass is 339 g/mol. The maximum absolute atomic E-state index is 12.8. The van der Waals surface area contributed by atoms with Gasteiger partial charge in [0, 0.05) is 11.3 Å². The summed E-state index contributed by atoms with van der Waals surface area (Å²) in [6, 6.07) is 16.6. The first-order valence-electron chi connectivity index (χ1n) is 8.02. The lowest BCUT2D eigenvalue weighted by atomic mass is 10.0. The van der Waals surface area contributed by atoms with E-state index in [0.29, 0.717) is 11.3 Å². The third-order valence-corrected chi connectivity index (χ3v) is 4.59. The molecule has 2 fully saturated rings. The lowest BCUT2D eigenvalue weighted by Gasteiger charge is -2.38. The number of carbonyl (C=O) groups excluding carboxylic acids is 1. The molecule has 0 aromatic heterocycles. The van der Waals surface area contributed by atoms with Gasteiger partial charge in [-0.25, -0.2) is 4.79 Å². The number of carboxylic acids is 1. The molecule has 2 aromatic rings. The van der Waals surface area contributed by atoms with Crippen LogP contribution in [-0.2, 0) is 24.8 Å². The molecule has 3 unspecified atom stereocenters. The van der Waals surface area contributed by atoms with Gasteiger partial charge in [0.2, 0.25) is 5.79 Å². The van der Waals surface area contributed by atoms with Gasteiger partial charge >= 0.3 is 5.97 Å². The molecular weight excluding hydrogens is 322 g/mol. The van der Waals surface area contributed by atoms with E-state index < -0.39 is 29.9 Å². The van der Waals surface area contributed by atoms with Crippen molar-refractivity contribution in [2.45, 2.75) is 24.9 Å². The minimum Gasteiger partial charge on any atom is -0.479 e. The predicted molar refractivity (Wildman–Crippen MR) is 89.0 cm³/mol. The number of fused-ring (bicyclic) bond motifs is 2. The zero-order valence-corrected chi connectivity index (χ0v) is 13.6. The Bertz CT molecular complexity index is 819. The molecular formula is C19H17NO5. The lowest BCUT2D eigenvalue weighted by molar-refractivity contribution is -0.193. The van der Waals surface area contributed by atoms with Crippen LogP contribution >= 0.6 is 0 Å². The number of hydrogen-bond acceptors (Lipinski definition) is 4. The third kappa shape index (κ3) is 2.50. The number of hydrogen-bond donors (Lipinski definition) is 1. The Balaban J connectivity index is 1.79. The van der Waals surface area contributed by atoms with Crippen molar-refractivity contribution in [2.75, 3.05) is 11.4 Å². The summed E-state index contributed by atoms with van der Waals surface area (Å²) in [5.74, 6) is -2.89. The highest BCUT2D eigenvalue weighted by molar-refractivity contribution is 6.01. The Morgan fingerprint density at radius 1 is 1.12 bits per heavy atom. The molecule has 1 amide bonds. The number of morpholine rings is 1. The van der Waals surface area contributed by atoms with Crippen molar-refractivity contribution in [1.82, 2.24) is 0 Å². The summed E-state index contributed by atoms with van der Waals surface area (Å²) < 4.78 is 11.6. The SMILES string of the molecule is Cc1ccc(N2CC3(c4ccccc4)OC(C(=O)O)C(O3)C2=O)cc1. The average molecular weight is 339 g/mol. The zero-order chi connectivity index (χ0) is 17.6. The largest absolute Gasteiger partial charge is 0.479 e. The number of ether oxygens (including phenoxy) is 2. The van der Waals surface area contributed by atoms with Gasteiger partial charge in [0.05, 0.1) is 6.54 Å². The fourth-order valence-electron chi connectivity index (χ4n) is 3.30. The molecule has 2 saturated heterocycles. The molecule has 2 aliphatic heterocycles. The van der Waals surface area contributed by atoms with Gasteiger partial charge in [0.1, 0.15) is 0 Å². The van der Waals surface area contributed by atoms with Crippen molar-refractivity contribution in [3.05, 3.63) is 65.7 Å². The van der Waals surface area contributed by atoms with Crippen LogP contribution in [-0.4, -0.2) is 35.7 Å². The van der Waals surface area contributed by atoms with Crippen LogP contribution in [0.15, 0.2) is 54.6 Å². The molecule has 0 spiro atoms. The van der Waals surface area contributed by atoms with Crippen LogP contribution in [0.5, 0.6) is 0 Å². The lowest BCUT2D eigenvalue weighted by Crippen LogP contribution is -2.54. The normalized spacial score (nSPS) is 28.2. The number of carbonyl (C=O) groups is 2. The number of amides is 1. The molecule has 0 saturated carbocycles. The molecule has 6 nitrogen and oxygen atoms in total. The van der Waals surface area contributed by atoms with Crippen molar-refractivity contribution in [3.63, 3.8) is 0 Å². The highest BCUT2D eigenvalue weighted by Gasteiger charge is 2.60. The predicted octanol–water partition coefficient (Wildman–Crippen LogP) is 2.06. The topological polar surface area (TPSA) is 76.1 Å². The summed E-state index contributed by atoms with van der Waals surface area (Å²) in [6.45, 7) is 2.06. The van der Waals surface area contributed by atoms with Gasteiger partial charge in [0.15, 0.2) is 12.2 Å². The molecule has 3 atom stereocenters. The third-order valence-electron chi connectivity index (χ3n) is 4.59. The Morgan fingerprint density at radius 2 is 1.80 bits per heavy atom. The second kappa shape index (κ2) is 5.68. The summed E-state index contributed by atoms with van der Waals surface area (Å²) in [5.41, 5.74) is 2.46. The van der Waals surface area contributed by atoms with E-state index in [1.54, 1.807) is 4.90 Å². The maximum atomic E-state index is 12.8. The minimum absolute atomic E-state index is 0.0964. The van der Waals surface area contributed by atoms with Crippen LogP contribution in [0, 0.1) is 6.92 Å². The van der Waals surface area contributed by atoms with Gasteiger partial charge in [0.25, 0.3) is 5.91 Å². The van der Waals surface area contributed by atoms with Gasteiger partial charge in [-0.15, -0.1) is 0 Å². The van der Waals surface area contributed by atoms with Gasteiger partial charge in [-0.3, -0.25) is 4.79 Å². The van der Waals surface area contributed by atoms with Crippen molar-refractivity contribution < 1.29 is 24.2 Å². The summed E-state index contributed by atoms with van der Waals surface area (Å²) in [7, 11) is 0. The van der Waals surface area contributed by atoms with E-state index in [0.717, 1.165) is 5.56 Å². The number of benzene rings is 2. The summed E-state index contributed by atoms with van der Waals surface area (Å²) in [5, 5.41) is 9.46. The fraction of sp³-hybridized carbons (Fsp3) is 0.263. The van der Waals surface area contributed by atoms with E-state index in [1.807, 2.05) is 61.5 Å². The van der Waals surface area contributed by atoms with Gasteiger partial charge in [-0.1, -0.05) is 48.0 Å². The van der Waals surface area contributed by atoms with Crippen molar-refractivity contribution in [3.8, 4) is 0 Å². The van der Waals surface area contributed by atoms with Crippen LogP contribution in [0.25, 0.3) is 0 Å². The van der Waals surface area contributed by atoms with Gasteiger partial charge in [-0.05, 0) is 19.1 Å². The van der Waals surface area contributed by atoms with Crippen molar-refractivity contribution in [2.24, 2.45) is 0 Å². The zero-order valence-electron chi connectivity index (χ0n) is 13.6. The molecule has 0 radical (unpaired) electrons. The number of carboxylic acid groups (broad SMARTS) is 1. The number of nitrogens with zero attached hydrogens (tertiary/aromatic N) is 1. The van der Waals surface area contributed by atoms with Crippen LogP contribution in [0.3, 0.4) is 0 Å². The quantitative estimate of drug-likeness (QED) is 0.926. The summed E-state index contributed by atoms with van der Waals surface area (Å²) in [4.78, 5) is 25.9. The van der Waals surface area contributed by atoms with E-state index in [4.69, 9.17) is 9.47 Å². The van der Waals surface area contributed by atoms with Gasteiger partial charge in [-0.2, -0.15) is 0 Å². The molecule has 6 heteroatoms. The molecule has 2 aliphatic rings. The molecule has 128 valence electrons. The summed E-state index contributed by atoms with van der Waals surface area (Å²) >= 11 is 0. The number of aryl methyl sites for hydroxylation is 1. The highest BCUT2D eigenvalue weighted by Crippen LogP contribution is 2.43. The molecule has 4 rings (SSSR count). The fourth-order valence-corrected chi connectivity index (χ4v) is 3.30. The smallest absolute Gasteiger partial charge is 0.336 e. The first kappa shape index (κ1) is 15.8. The van der Waals surface area contributed by atoms with E-state index in [2.05, 4.69) is 0 Å². The molecule has 2 aromatic carbocycles. The molecule has 2 heterocycles. The Hall–Kier alpha value is -2.70. The Labute approximate surface area is 144 Å². The maximum Gasteiger partial charge on any atom is 0.336 e. The summed E-state index contributed by atoms with van der Waals surface area (Å²) in [6.07, 6.45) is -2.50. The molecule has 25 heavy (non-hydrogen) atoms. The number of aliphatic carboxylic acids is 1. The average Bonchev–Trinajstić information content (AvgIpc) is 2.97. The van der Waals surface area contributed by atoms with E-state index in [-0.39, 0.29) is 6.54 Å². The Kier molecular flexibility index (Phi) is 3.59. The number of rotatable bonds is 3. The van der Waals surface area contributed by atoms with E-state index in [9.17, 15) is 14.7 Å². The minimum atomic E-state index is -1.33. The first-order chi connectivity index (χ1) is 12.0. The van der Waals surface area contributed by atoms with Gasteiger partial charge < -0.3 is 19.5 Å². The highest BCUT2D eigenvalue weighted by atomic mass is 16.8. The standard InChI is InChI=1S/C19H17NO5/c1-12-7-9-14(10-8-12)20-11-19(13-5-3-2-4-6-13)24-15(17(20)21)16(25-19)18(22)23/h2-10,15-16H,11H2,1H3,(H,22,23). The van der Waals surface area contributed by atoms with E-state index >= 15 is 0 Å². The molecule has 0 aliphatic carbocycles. The second-order valence-electron chi connectivity index (χ2n) is 6.29. The van der Waals surface area contributed by atoms with Crippen LogP contribution in [0.2, 0.25) is 0 Å².